The lowest BCUT2D eigenvalue weighted by atomic mass is 10.1. The number of carbonyl (C=O) groups is 1. The number of rotatable bonds is 8. The topological polar surface area (TPSA) is 29.1 Å². The Bertz CT molecular complexity index is 610. The molecule has 0 saturated heterocycles. The third-order valence-electron chi connectivity index (χ3n) is 3.50. The summed E-state index contributed by atoms with van der Waals surface area (Å²) in [5.41, 5.74) is 2.34. The fraction of sp³-hybridized carbons (Fsp3) is 0.316. The molecule has 1 N–H and O–H groups in total. The normalized spacial score (nSPS) is 10.5. The summed E-state index contributed by atoms with van der Waals surface area (Å²) in [5, 5.41) is 2.93. The Morgan fingerprint density at radius 2 is 1.78 bits per heavy atom. The summed E-state index contributed by atoms with van der Waals surface area (Å²) in [6.45, 7) is 2.72. The van der Waals surface area contributed by atoms with Gasteiger partial charge in [-0.05, 0) is 49.6 Å². The SMILES string of the molecule is Cc1ccc(SCCC(=O)NCCCc2ccc(F)cc2)cc1. The van der Waals surface area contributed by atoms with E-state index in [0.29, 0.717) is 13.0 Å². The molecule has 2 nitrogen and oxygen atoms in total. The molecule has 2 aromatic rings. The second-order valence-electron chi connectivity index (χ2n) is 5.49. The molecule has 2 aromatic carbocycles. The maximum Gasteiger partial charge on any atom is 0.220 e. The molecule has 0 aliphatic carbocycles. The molecule has 23 heavy (non-hydrogen) atoms. The molecule has 0 fully saturated rings. The van der Waals surface area contributed by atoms with Gasteiger partial charge in [0.1, 0.15) is 5.82 Å². The predicted octanol–water partition coefficient (Wildman–Crippen LogP) is 4.37. The number of thioether (sulfide) groups is 1. The number of aryl methyl sites for hydroxylation is 2. The number of hydrogen-bond donors (Lipinski definition) is 1. The van der Waals surface area contributed by atoms with E-state index in [-0.39, 0.29) is 11.7 Å². The first-order valence-corrected chi connectivity index (χ1v) is 8.82. The van der Waals surface area contributed by atoms with Gasteiger partial charge >= 0.3 is 0 Å². The van der Waals surface area contributed by atoms with Gasteiger partial charge < -0.3 is 5.32 Å². The van der Waals surface area contributed by atoms with E-state index < -0.39 is 0 Å². The van der Waals surface area contributed by atoms with Gasteiger partial charge in [0.05, 0.1) is 0 Å². The third-order valence-corrected chi connectivity index (χ3v) is 4.51. The Labute approximate surface area is 141 Å². The van der Waals surface area contributed by atoms with Gasteiger partial charge in [0.2, 0.25) is 5.91 Å². The fourth-order valence-corrected chi connectivity index (χ4v) is 3.01. The molecule has 0 aliphatic heterocycles. The van der Waals surface area contributed by atoms with E-state index in [1.807, 2.05) is 0 Å². The minimum Gasteiger partial charge on any atom is -0.356 e. The minimum atomic E-state index is -0.215. The van der Waals surface area contributed by atoms with Crippen LogP contribution in [0.25, 0.3) is 0 Å². The summed E-state index contributed by atoms with van der Waals surface area (Å²) in [6.07, 6.45) is 2.23. The number of amides is 1. The van der Waals surface area contributed by atoms with Crippen molar-refractivity contribution in [2.45, 2.75) is 31.1 Å². The van der Waals surface area contributed by atoms with E-state index in [2.05, 4.69) is 36.5 Å². The first-order chi connectivity index (χ1) is 11.1. The summed E-state index contributed by atoms with van der Waals surface area (Å²) in [6, 6.07) is 14.8. The molecule has 122 valence electrons. The van der Waals surface area contributed by atoms with Crippen molar-refractivity contribution < 1.29 is 9.18 Å². The monoisotopic (exact) mass is 331 g/mol. The zero-order valence-electron chi connectivity index (χ0n) is 13.3. The van der Waals surface area contributed by atoms with Gasteiger partial charge in [0.15, 0.2) is 0 Å². The van der Waals surface area contributed by atoms with Crippen molar-refractivity contribution in [3.8, 4) is 0 Å². The largest absolute Gasteiger partial charge is 0.356 e. The highest BCUT2D eigenvalue weighted by atomic mass is 32.2. The molecule has 1 amide bonds. The van der Waals surface area contributed by atoms with Crippen molar-refractivity contribution in [2.24, 2.45) is 0 Å². The van der Waals surface area contributed by atoms with Gasteiger partial charge in [-0.15, -0.1) is 11.8 Å². The van der Waals surface area contributed by atoms with Crippen molar-refractivity contribution >= 4 is 17.7 Å². The Hall–Kier alpha value is -1.81. The van der Waals surface area contributed by atoms with Crippen molar-refractivity contribution in [1.29, 1.82) is 0 Å². The van der Waals surface area contributed by atoms with Gasteiger partial charge in [-0.2, -0.15) is 0 Å². The fourth-order valence-electron chi connectivity index (χ4n) is 2.16. The zero-order chi connectivity index (χ0) is 16.5. The Morgan fingerprint density at radius 1 is 1.09 bits per heavy atom. The van der Waals surface area contributed by atoms with Crippen LogP contribution in [0, 0.1) is 12.7 Å². The highest BCUT2D eigenvalue weighted by Gasteiger charge is 2.02. The van der Waals surface area contributed by atoms with Gasteiger partial charge in [0.25, 0.3) is 0 Å². The molecule has 0 bridgehead atoms. The van der Waals surface area contributed by atoms with Crippen LogP contribution in [0.4, 0.5) is 4.39 Å². The molecule has 0 aromatic heterocycles. The average molecular weight is 331 g/mol. The molecular formula is C19H22FNOS. The van der Waals surface area contributed by atoms with Gasteiger partial charge in [-0.1, -0.05) is 29.8 Å². The average Bonchev–Trinajstić information content (AvgIpc) is 2.55. The second kappa shape index (κ2) is 9.36. The molecule has 0 radical (unpaired) electrons. The highest BCUT2D eigenvalue weighted by molar-refractivity contribution is 7.99. The Balaban J connectivity index is 1.56. The van der Waals surface area contributed by atoms with Crippen molar-refractivity contribution in [1.82, 2.24) is 5.32 Å². The quantitative estimate of drug-likeness (QED) is 0.575. The Morgan fingerprint density at radius 3 is 2.48 bits per heavy atom. The molecule has 4 heteroatoms. The van der Waals surface area contributed by atoms with Gasteiger partial charge in [-0.3, -0.25) is 4.79 Å². The van der Waals surface area contributed by atoms with E-state index in [4.69, 9.17) is 0 Å². The minimum absolute atomic E-state index is 0.0868. The van der Waals surface area contributed by atoms with Crippen LogP contribution in [0.3, 0.4) is 0 Å². The van der Waals surface area contributed by atoms with E-state index in [1.165, 1.54) is 22.6 Å². The maximum atomic E-state index is 12.8. The van der Waals surface area contributed by atoms with E-state index in [9.17, 15) is 9.18 Å². The van der Waals surface area contributed by atoms with Crippen LogP contribution in [0.2, 0.25) is 0 Å². The van der Waals surface area contributed by atoms with Crippen LogP contribution in [0.5, 0.6) is 0 Å². The number of benzene rings is 2. The summed E-state index contributed by atoms with van der Waals surface area (Å²) in [5.74, 6) is 0.657. The second-order valence-corrected chi connectivity index (χ2v) is 6.66. The lowest BCUT2D eigenvalue weighted by Gasteiger charge is -2.06. The van der Waals surface area contributed by atoms with Crippen LogP contribution in [-0.4, -0.2) is 18.2 Å². The van der Waals surface area contributed by atoms with E-state index >= 15 is 0 Å². The third kappa shape index (κ3) is 6.87. The van der Waals surface area contributed by atoms with Gasteiger partial charge in [0, 0.05) is 23.6 Å². The molecule has 0 heterocycles. The Kier molecular flexibility index (Phi) is 7.14. The summed E-state index contributed by atoms with van der Waals surface area (Å²) >= 11 is 1.70. The number of hydrogen-bond acceptors (Lipinski definition) is 2. The molecule has 0 spiro atoms. The summed E-state index contributed by atoms with van der Waals surface area (Å²) in [7, 11) is 0. The molecular weight excluding hydrogens is 309 g/mol. The molecule has 0 unspecified atom stereocenters. The van der Waals surface area contributed by atoms with Crippen LogP contribution < -0.4 is 5.32 Å². The highest BCUT2D eigenvalue weighted by Crippen LogP contribution is 2.18. The van der Waals surface area contributed by atoms with Crippen LogP contribution >= 0.6 is 11.8 Å². The first kappa shape index (κ1) is 17.5. The zero-order valence-corrected chi connectivity index (χ0v) is 14.2. The standard InChI is InChI=1S/C19H22FNOS/c1-15-4-10-18(11-5-15)23-14-12-19(22)21-13-2-3-16-6-8-17(20)9-7-16/h4-11H,2-3,12-14H2,1H3,(H,21,22). The van der Waals surface area contributed by atoms with Crippen LogP contribution in [0.15, 0.2) is 53.4 Å². The smallest absolute Gasteiger partial charge is 0.220 e. The lowest BCUT2D eigenvalue weighted by molar-refractivity contribution is -0.120. The predicted molar refractivity (Wildman–Crippen MR) is 94.3 cm³/mol. The van der Waals surface area contributed by atoms with Crippen molar-refractivity contribution in [3.63, 3.8) is 0 Å². The summed E-state index contributed by atoms with van der Waals surface area (Å²) < 4.78 is 12.8. The maximum absolute atomic E-state index is 12.8. The van der Waals surface area contributed by atoms with E-state index in [1.54, 1.807) is 23.9 Å². The molecule has 0 atom stereocenters. The number of carbonyl (C=O) groups excluding carboxylic acids is 1. The van der Waals surface area contributed by atoms with Crippen molar-refractivity contribution in [2.75, 3.05) is 12.3 Å². The van der Waals surface area contributed by atoms with Crippen LogP contribution in [-0.2, 0) is 11.2 Å². The van der Waals surface area contributed by atoms with E-state index in [0.717, 1.165) is 24.2 Å². The van der Waals surface area contributed by atoms with Crippen LogP contribution in [0.1, 0.15) is 24.0 Å². The molecule has 2 rings (SSSR count). The first-order valence-electron chi connectivity index (χ1n) is 7.84. The number of halogens is 1. The van der Waals surface area contributed by atoms with Gasteiger partial charge in [-0.25, -0.2) is 4.39 Å². The molecule has 0 aliphatic rings. The lowest BCUT2D eigenvalue weighted by Crippen LogP contribution is -2.24. The number of nitrogens with one attached hydrogen (secondary N) is 1. The van der Waals surface area contributed by atoms with Crippen molar-refractivity contribution in [3.05, 3.63) is 65.5 Å². The summed E-state index contributed by atoms with van der Waals surface area (Å²) in [4.78, 5) is 13.0. The molecule has 0 saturated carbocycles.